The van der Waals surface area contributed by atoms with Crippen molar-refractivity contribution in [2.75, 3.05) is 13.1 Å². The topological polar surface area (TPSA) is 23.5 Å². The number of nitrogens with zero attached hydrogens (tertiary/aromatic N) is 1. The van der Waals surface area contributed by atoms with Gasteiger partial charge in [-0.25, -0.2) is 0 Å². The smallest absolute Gasteiger partial charge is 0.123 e. The summed E-state index contributed by atoms with van der Waals surface area (Å²) in [5.41, 5.74) is 3.80. The first kappa shape index (κ1) is 18.3. The van der Waals surface area contributed by atoms with Crippen molar-refractivity contribution in [2.45, 2.75) is 84.6 Å². The van der Waals surface area contributed by atoms with E-state index < -0.39 is 0 Å². The Hall–Kier alpha value is -1.02. The Morgan fingerprint density at radius 3 is 2.17 bits per heavy atom. The van der Waals surface area contributed by atoms with Crippen LogP contribution in [0.1, 0.15) is 89.3 Å². The van der Waals surface area contributed by atoms with Gasteiger partial charge < -0.3 is 5.11 Å². The maximum absolute atomic E-state index is 10.9. The van der Waals surface area contributed by atoms with Crippen LogP contribution in [0.3, 0.4) is 0 Å². The Labute approximate surface area is 142 Å². The second kappa shape index (κ2) is 7.70. The van der Waals surface area contributed by atoms with Gasteiger partial charge in [0.15, 0.2) is 0 Å². The fourth-order valence-electron chi connectivity index (χ4n) is 3.69. The number of phenolic OH excluding ortho intramolecular Hbond substituents is 1. The number of aromatic hydroxyl groups is 1. The zero-order valence-corrected chi connectivity index (χ0v) is 15.8. The molecular weight excluding hydrogens is 282 g/mol. The van der Waals surface area contributed by atoms with E-state index in [0.717, 1.165) is 25.2 Å². The van der Waals surface area contributed by atoms with Gasteiger partial charge in [-0.1, -0.05) is 66.0 Å². The fourth-order valence-corrected chi connectivity index (χ4v) is 3.69. The zero-order valence-electron chi connectivity index (χ0n) is 15.8. The van der Waals surface area contributed by atoms with Gasteiger partial charge in [0.1, 0.15) is 5.75 Å². The van der Waals surface area contributed by atoms with Crippen LogP contribution >= 0.6 is 0 Å². The van der Waals surface area contributed by atoms with E-state index in [-0.39, 0.29) is 5.41 Å². The monoisotopic (exact) mass is 317 g/mol. The summed E-state index contributed by atoms with van der Waals surface area (Å²) in [6.45, 7) is 14.1. The first-order valence-electron chi connectivity index (χ1n) is 9.45. The van der Waals surface area contributed by atoms with Crippen LogP contribution in [0.4, 0.5) is 0 Å². The number of hydrogen-bond donors (Lipinski definition) is 1. The van der Waals surface area contributed by atoms with Crippen molar-refractivity contribution in [3.8, 4) is 5.75 Å². The molecule has 0 aromatic heterocycles. The van der Waals surface area contributed by atoms with Gasteiger partial charge in [-0.05, 0) is 48.4 Å². The molecule has 1 aliphatic carbocycles. The highest BCUT2D eigenvalue weighted by Gasteiger charge is 2.24. The van der Waals surface area contributed by atoms with Crippen LogP contribution in [0.2, 0.25) is 0 Å². The Morgan fingerprint density at radius 2 is 1.65 bits per heavy atom. The third-order valence-corrected chi connectivity index (χ3v) is 5.42. The molecule has 130 valence electrons. The molecular formula is C21H35NO. The molecule has 1 saturated carbocycles. The van der Waals surface area contributed by atoms with Crippen LogP contribution in [0, 0.1) is 0 Å². The van der Waals surface area contributed by atoms with Crippen molar-refractivity contribution in [1.82, 2.24) is 4.90 Å². The van der Waals surface area contributed by atoms with Crippen LogP contribution in [0.15, 0.2) is 12.1 Å². The largest absolute Gasteiger partial charge is 0.507 e. The van der Waals surface area contributed by atoms with Crippen molar-refractivity contribution < 1.29 is 5.11 Å². The molecule has 0 spiro atoms. The number of phenols is 1. The van der Waals surface area contributed by atoms with Crippen molar-refractivity contribution in [3.63, 3.8) is 0 Å². The molecule has 0 amide bonds. The lowest BCUT2D eigenvalue weighted by Gasteiger charge is -2.29. The molecule has 0 unspecified atom stereocenters. The highest BCUT2D eigenvalue weighted by Crippen LogP contribution is 2.41. The van der Waals surface area contributed by atoms with E-state index in [1.54, 1.807) is 0 Å². The first-order valence-corrected chi connectivity index (χ1v) is 9.45. The number of rotatable bonds is 5. The average molecular weight is 318 g/mol. The molecule has 0 atom stereocenters. The molecule has 0 radical (unpaired) electrons. The summed E-state index contributed by atoms with van der Waals surface area (Å²) in [4.78, 5) is 2.38. The molecule has 1 aromatic carbocycles. The second-order valence-corrected chi connectivity index (χ2v) is 8.12. The van der Waals surface area contributed by atoms with E-state index in [0.29, 0.717) is 11.7 Å². The number of hydrogen-bond acceptors (Lipinski definition) is 2. The molecule has 2 nitrogen and oxygen atoms in total. The molecule has 1 aromatic rings. The van der Waals surface area contributed by atoms with Crippen LogP contribution in [-0.2, 0) is 12.0 Å². The van der Waals surface area contributed by atoms with E-state index in [9.17, 15) is 5.11 Å². The predicted octanol–water partition coefficient (Wildman–Crippen LogP) is 5.58. The van der Waals surface area contributed by atoms with Crippen molar-refractivity contribution >= 4 is 0 Å². The molecule has 2 heteroatoms. The first-order chi connectivity index (χ1) is 10.9. The molecule has 0 bridgehead atoms. The lowest BCUT2D eigenvalue weighted by molar-refractivity contribution is 0.289. The molecule has 0 saturated heterocycles. The lowest BCUT2D eigenvalue weighted by atomic mass is 9.78. The van der Waals surface area contributed by atoms with E-state index in [1.807, 2.05) is 0 Å². The third kappa shape index (κ3) is 4.50. The van der Waals surface area contributed by atoms with Gasteiger partial charge in [0.25, 0.3) is 0 Å². The molecule has 1 N–H and O–H groups in total. The van der Waals surface area contributed by atoms with Crippen LogP contribution < -0.4 is 0 Å². The summed E-state index contributed by atoms with van der Waals surface area (Å²) < 4.78 is 0. The van der Waals surface area contributed by atoms with Gasteiger partial charge in [0.2, 0.25) is 0 Å². The minimum absolute atomic E-state index is 0.120. The SMILES string of the molecule is CCN(CC)Cc1cc(C(C)(C)C)cc(C2CCCCC2)c1O. The van der Waals surface area contributed by atoms with Crippen LogP contribution in [-0.4, -0.2) is 23.1 Å². The van der Waals surface area contributed by atoms with Gasteiger partial charge in [-0.3, -0.25) is 4.90 Å². The Morgan fingerprint density at radius 1 is 1.04 bits per heavy atom. The summed E-state index contributed by atoms with van der Waals surface area (Å²) >= 11 is 0. The van der Waals surface area contributed by atoms with Crippen LogP contribution in [0.25, 0.3) is 0 Å². The summed E-state index contributed by atoms with van der Waals surface area (Å²) in [6, 6.07) is 4.52. The zero-order chi connectivity index (χ0) is 17.0. The summed E-state index contributed by atoms with van der Waals surface area (Å²) in [5, 5.41) is 10.9. The maximum Gasteiger partial charge on any atom is 0.123 e. The van der Waals surface area contributed by atoms with Gasteiger partial charge in [-0.15, -0.1) is 0 Å². The fraction of sp³-hybridized carbons (Fsp3) is 0.714. The highest BCUT2D eigenvalue weighted by atomic mass is 16.3. The van der Waals surface area contributed by atoms with Crippen molar-refractivity contribution in [2.24, 2.45) is 0 Å². The maximum atomic E-state index is 10.9. The van der Waals surface area contributed by atoms with Crippen LogP contribution in [0.5, 0.6) is 5.75 Å². The minimum atomic E-state index is 0.120. The van der Waals surface area contributed by atoms with Gasteiger partial charge >= 0.3 is 0 Å². The average Bonchev–Trinajstić information content (AvgIpc) is 2.53. The Bertz CT molecular complexity index is 505. The normalized spacial score (nSPS) is 17.0. The van der Waals surface area contributed by atoms with Gasteiger partial charge in [0.05, 0.1) is 0 Å². The molecule has 1 fully saturated rings. The molecule has 2 rings (SSSR count). The van der Waals surface area contributed by atoms with Gasteiger partial charge in [0, 0.05) is 12.1 Å². The van der Waals surface area contributed by atoms with E-state index in [4.69, 9.17) is 0 Å². The summed E-state index contributed by atoms with van der Waals surface area (Å²) in [7, 11) is 0. The number of benzene rings is 1. The van der Waals surface area contributed by atoms with Crippen molar-refractivity contribution in [3.05, 3.63) is 28.8 Å². The summed E-state index contributed by atoms with van der Waals surface area (Å²) in [5.74, 6) is 1.11. The molecule has 1 aliphatic rings. The minimum Gasteiger partial charge on any atom is -0.507 e. The second-order valence-electron chi connectivity index (χ2n) is 8.12. The third-order valence-electron chi connectivity index (χ3n) is 5.42. The highest BCUT2D eigenvalue weighted by molar-refractivity contribution is 5.47. The van der Waals surface area contributed by atoms with E-state index in [1.165, 1.54) is 43.2 Å². The molecule has 0 aliphatic heterocycles. The molecule has 0 heterocycles. The summed E-state index contributed by atoms with van der Waals surface area (Å²) in [6.07, 6.45) is 6.41. The van der Waals surface area contributed by atoms with Crippen molar-refractivity contribution in [1.29, 1.82) is 0 Å². The molecule has 23 heavy (non-hydrogen) atoms. The predicted molar refractivity (Wildman–Crippen MR) is 99.3 cm³/mol. The Kier molecular flexibility index (Phi) is 6.13. The lowest BCUT2D eigenvalue weighted by Crippen LogP contribution is -2.23. The Balaban J connectivity index is 2.43. The quantitative estimate of drug-likeness (QED) is 0.766. The van der Waals surface area contributed by atoms with E-state index >= 15 is 0 Å². The van der Waals surface area contributed by atoms with E-state index in [2.05, 4.69) is 51.7 Å². The van der Waals surface area contributed by atoms with Gasteiger partial charge in [-0.2, -0.15) is 0 Å². The standard InChI is InChI=1S/C21H35NO/c1-6-22(7-2)15-17-13-18(21(3,4)5)14-19(20(17)23)16-11-9-8-10-12-16/h13-14,16,23H,6-12,15H2,1-5H3.